The molecule has 0 aliphatic rings. The molecule has 0 saturated carbocycles. The molecule has 2 N–H and O–H groups in total. The third kappa shape index (κ3) is 3.58. The highest BCUT2D eigenvalue weighted by atomic mass is 19.3. The molecular weight excluding hydrogens is 344 g/mol. The van der Waals surface area contributed by atoms with Crippen molar-refractivity contribution in [2.24, 2.45) is 0 Å². The zero-order valence-corrected chi connectivity index (χ0v) is 13.7. The first kappa shape index (κ1) is 17.6. The van der Waals surface area contributed by atoms with Gasteiger partial charge in [0.15, 0.2) is 0 Å². The normalized spacial score (nSPS) is 13.4. The van der Waals surface area contributed by atoms with Gasteiger partial charge in [-0.15, -0.1) is 0 Å². The summed E-state index contributed by atoms with van der Waals surface area (Å²) < 4.78 is 34.6. The van der Waals surface area contributed by atoms with E-state index in [1.807, 2.05) is 6.07 Å². The lowest BCUT2D eigenvalue weighted by Crippen LogP contribution is -2.30. The number of aromatic nitrogens is 1. The molecule has 1 atom stereocenters. The summed E-state index contributed by atoms with van der Waals surface area (Å²) in [6, 6.07) is 9.55. The molecule has 8 heteroatoms. The van der Waals surface area contributed by atoms with Crippen LogP contribution in [0, 0.1) is 11.3 Å². The summed E-state index contributed by atoms with van der Waals surface area (Å²) in [5, 5.41) is 23.3. The van der Waals surface area contributed by atoms with Gasteiger partial charge in [0.25, 0.3) is 0 Å². The van der Waals surface area contributed by atoms with Gasteiger partial charge < -0.3 is 19.6 Å². The topological polar surface area (TPSA) is 91.3 Å². The minimum Gasteiger partial charge on any atom is -0.466 e. The Kier molecular flexibility index (Phi) is 4.73. The lowest BCUT2D eigenvalue weighted by Gasteiger charge is -2.23. The summed E-state index contributed by atoms with van der Waals surface area (Å²) in [5.74, 6) is 0.300. The number of furan rings is 1. The molecule has 0 aliphatic carbocycles. The van der Waals surface area contributed by atoms with Gasteiger partial charge in [0.2, 0.25) is 0 Å². The van der Waals surface area contributed by atoms with Gasteiger partial charge >= 0.3 is 6.61 Å². The molecule has 6 nitrogen and oxygen atoms in total. The fourth-order valence-corrected chi connectivity index (χ4v) is 2.56. The van der Waals surface area contributed by atoms with E-state index in [-0.39, 0.29) is 17.9 Å². The molecular formula is C18H15F2N3O3. The number of benzene rings is 1. The van der Waals surface area contributed by atoms with Crippen molar-refractivity contribution < 1.29 is 23.0 Å². The second-order valence-corrected chi connectivity index (χ2v) is 5.82. The first-order valence-electron chi connectivity index (χ1n) is 7.68. The highest BCUT2D eigenvalue weighted by Gasteiger charge is 2.26. The first-order chi connectivity index (χ1) is 12.4. The number of nitrogens with one attached hydrogen (secondary N) is 1. The number of halogens is 2. The predicted molar refractivity (Wildman–Crippen MR) is 89.9 cm³/mol. The van der Waals surface area contributed by atoms with Crippen LogP contribution in [0.2, 0.25) is 0 Å². The highest BCUT2D eigenvalue weighted by Crippen LogP contribution is 2.31. The Morgan fingerprint density at radius 1 is 1.42 bits per heavy atom. The van der Waals surface area contributed by atoms with E-state index in [2.05, 4.69) is 15.0 Å². The van der Waals surface area contributed by atoms with Gasteiger partial charge in [-0.2, -0.15) is 14.0 Å². The van der Waals surface area contributed by atoms with Crippen molar-refractivity contribution >= 4 is 16.6 Å². The number of alkyl halides is 2. The molecule has 0 saturated heterocycles. The van der Waals surface area contributed by atoms with Crippen molar-refractivity contribution in [1.82, 2.24) is 4.98 Å². The molecule has 1 aromatic carbocycles. The van der Waals surface area contributed by atoms with Crippen LogP contribution < -0.4 is 10.1 Å². The van der Waals surface area contributed by atoms with E-state index in [4.69, 9.17) is 4.42 Å². The number of pyridine rings is 1. The smallest absolute Gasteiger partial charge is 0.387 e. The van der Waals surface area contributed by atoms with Crippen LogP contribution in [-0.4, -0.2) is 23.2 Å². The number of hydrogen-bond acceptors (Lipinski definition) is 6. The zero-order chi connectivity index (χ0) is 18.7. The van der Waals surface area contributed by atoms with Crippen molar-refractivity contribution in [2.75, 3.05) is 11.9 Å². The Labute approximate surface area is 147 Å². The molecule has 0 bridgehead atoms. The standard InChI is InChI=1S/C18H15F2N3O3/c1-18(24,15-3-2-6-25-15)10-23-16-11(8-21)9-22-14-5-4-12(7-13(14)16)26-17(19)20/h2-7,9,17,24H,10H2,1H3,(H,22,23). The highest BCUT2D eigenvalue weighted by molar-refractivity contribution is 5.94. The molecule has 2 heterocycles. The SMILES string of the molecule is CC(O)(CNc1c(C#N)cnc2ccc(OC(F)F)cc12)c1ccco1. The molecule has 1 unspecified atom stereocenters. The Morgan fingerprint density at radius 3 is 2.88 bits per heavy atom. The fourth-order valence-electron chi connectivity index (χ4n) is 2.56. The van der Waals surface area contributed by atoms with E-state index in [1.165, 1.54) is 30.7 Å². The van der Waals surface area contributed by atoms with Crippen LogP contribution >= 0.6 is 0 Å². The molecule has 0 radical (unpaired) electrons. The van der Waals surface area contributed by atoms with Crippen molar-refractivity contribution in [2.45, 2.75) is 19.1 Å². The minimum atomic E-state index is -2.96. The second-order valence-electron chi connectivity index (χ2n) is 5.82. The number of nitriles is 1. The van der Waals surface area contributed by atoms with Crippen molar-refractivity contribution in [3.8, 4) is 11.8 Å². The number of fused-ring (bicyclic) bond motifs is 1. The maximum atomic E-state index is 12.5. The Bertz CT molecular complexity index is 950. The molecule has 3 rings (SSSR count). The average Bonchev–Trinajstić information content (AvgIpc) is 3.14. The van der Waals surface area contributed by atoms with E-state index in [9.17, 15) is 19.1 Å². The zero-order valence-electron chi connectivity index (χ0n) is 13.7. The molecule has 2 aromatic heterocycles. The third-order valence-electron chi connectivity index (χ3n) is 3.85. The quantitative estimate of drug-likeness (QED) is 0.698. The monoisotopic (exact) mass is 359 g/mol. The van der Waals surface area contributed by atoms with Gasteiger partial charge in [-0.05, 0) is 37.3 Å². The Morgan fingerprint density at radius 2 is 2.23 bits per heavy atom. The van der Waals surface area contributed by atoms with E-state index in [0.29, 0.717) is 22.4 Å². The fraction of sp³-hybridized carbons (Fsp3) is 0.222. The van der Waals surface area contributed by atoms with Crippen LogP contribution in [0.25, 0.3) is 10.9 Å². The van der Waals surface area contributed by atoms with Gasteiger partial charge in [0.1, 0.15) is 23.2 Å². The van der Waals surface area contributed by atoms with Crippen LogP contribution in [0.4, 0.5) is 14.5 Å². The van der Waals surface area contributed by atoms with Crippen LogP contribution in [0.15, 0.2) is 47.2 Å². The van der Waals surface area contributed by atoms with E-state index in [1.54, 1.807) is 19.1 Å². The summed E-state index contributed by atoms with van der Waals surface area (Å²) in [4.78, 5) is 4.14. The Balaban J connectivity index is 1.98. The molecule has 0 fully saturated rings. The number of aliphatic hydroxyl groups is 1. The van der Waals surface area contributed by atoms with Crippen molar-refractivity contribution in [3.63, 3.8) is 0 Å². The Hall–Kier alpha value is -3.18. The van der Waals surface area contributed by atoms with Gasteiger partial charge in [0, 0.05) is 11.6 Å². The van der Waals surface area contributed by atoms with Gasteiger partial charge in [-0.25, -0.2) is 0 Å². The van der Waals surface area contributed by atoms with Crippen molar-refractivity contribution in [3.05, 3.63) is 54.1 Å². The molecule has 26 heavy (non-hydrogen) atoms. The minimum absolute atomic E-state index is 0.0221. The summed E-state index contributed by atoms with van der Waals surface area (Å²) in [5.41, 5.74) is -0.278. The lowest BCUT2D eigenvalue weighted by atomic mass is 10.0. The summed E-state index contributed by atoms with van der Waals surface area (Å²) >= 11 is 0. The summed E-state index contributed by atoms with van der Waals surface area (Å²) in [6.07, 6.45) is 2.82. The third-order valence-corrected chi connectivity index (χ3v) is 3.85. The maximum absolute atomic E-state index is 12.5. The van der Waals surface area contributed by atoms with E-state index in [0.717, 1.165) is 0 Å². The average molecular weight is 359 g/mol. The number of ether oxygens (including phenoxy) is 1. The molecule has 0 aliphatic heterocycles. The molecule has 3 aromatic rings. The van der Waals surface area contributed by atoms with Crippen molar-refractivity contribution in [1.29, 1.82) is 5.26 Å². The molecule has 0 spiro atoms. The second kappa shape index (κ2) is 6.98. The number of hydrogen-bond donors (Lipinski definition) is 2. The van der Waals surface area contributed by atoms with Gasteiger partial charge in [-0.1, -0.05) is 0 Å². The summed E-state index contributed by atoms with van der Waals surface area (Å²) in [7, 11) is 0. The number of rotatable bonds is 6. The van der Waals surface area contributed by atoms with Gasteiger partial charge in [0.05, 0.1) is 29.6 Å². The molecule has 134 valence electrons. The maximum Gasteiger partial charge on any atom is 0.387 e. The van der Waals surface area contributed by atoms with Crippen LogP contribution in [0.3, 0.4) is 0 Å². The lowest BCUT2D eigenvalue weighted by molar-refractivity contribution is -0.0497. The van der Waals surface area contributed by atoms with Crippen LogP contribution in [0.1, 0.15) is 18.2 Å². The van der Waals surface area contributed by atoms with Gasteiger partial charge in [-0.3, -0.25) is 4.98 Å². The van der Waals surface area contributed by atoms with E-state index >= 15 is 0 Å². The molecule has 0 amide bonds. The van der Waals surface area contributed by atoms with Crippen LogP contribution in [0.5, 0.6) is 5.75 Å². The van der Waals surface area contributed by atoms with Crippen LogP contribution in [-0.2, 0) is 5.60 Å². The summed E-state index contributed by atoms with van der Waals surface area (Å²) in [6.45, 7) is -1.39. The largest absolute Gasteiger partial charge is 0.466 e. The number of nitrogens with zero attached hydrogens (tertiary/aromatic N) is 2. The number of anilines is 1. The van der Waals surface area contributed by atoms with E-state index < -0.39 is 12.2 Å². The predicted octanol–water partition coefficient (Wildman–Crippen LogP) is 3.62. The first-order valence-corrected chi connectivity index (χ1v) is 7.68.